The van der Waals surface area contributed by atoms with Gasteiger partial charge in [-0.05, 0) is 88.6 Å². The molecule has 1 aromatic carbocycles. The van der Waals surface area contributed by atoms with Crippen molar-refractivity contribution in [1.29, 1.82) is 0 Å². The fourth-order valence-electron chi connectivity index (χ4n) is 5.25. The summed E-state index contributed by atoms with van der Waals surface area (Å²) in [4.78, 5) is 30.2. The number of aromatic nitrogens is 2. The summed E-state index contributed by atoms with van der Waals surface area (Å²) >= 11 is 6.52. The van der Waals surface area contributed by atoms with Gasteiger partial charge in [0.2, 0.25) is 0 Å². The van der Waals surface area contributed by atoms with Gasteiger partial charge in [-0.2, -0.15) is 5.10 Å². The highest BCUT2D eigenvalue weighted by molar-refractivity contribution is 6.30. The Balaban J connectivity index is 1.42. The Kier molecular flexibility index (Phi) is 5.87. The van der Waals surface area contributed by atoms with Crippen LogP contribution in [0.25, 0.3) is 0 Å². The van der Waals surface area contributed by atoms with Crippen molar-refractivity contribution in [3.63, 3.8) is 0 Å². The maximum Gasteiger partial charge on any atom is 0.410 e. The molecule has 34 heavy (non-hydrogen) atoms. The van der Waals surface area contributed by atoms with E-state index < -0.39 is 5.60 Å². The van der Waals surface area contributed by atoms with Crippen molar-refractivity contribution >= 4 is 23.6 Å². The zero-order valence-electron chi connectivity index (χ0n) is 20.4. The zero-order valence-corrected chi connectivity index (χ0v) is 21.2. The lowest BCUT2D eigenvalue weighted by molar-refractivity contribution is 0.0222. The Labute approximate surface area is 206 Å². The van der Waals surface area contributed by atoms with E-state index in [0.717, 1.165) is 54.5 Å². The van der Waals surface area contributed by atoms with Gasteiger partial charge in [0.15, 0.2) is 0 Å². The molecule has 7 nitrogen and oxygen atoms in total. The van der Waals surface area contributed by atoms with Gasteiger partial charge in [-0.1, -0.05) is 11.6 Å². The smallest absolute Gasteiger partial charge is 0.410 e. The number of carbonyl (C=O) groups excluding carboxylic acids is 2. The molecule has 0 radical (unpaired) electrons. The summed E-state index contributed by atoms with van der Waals surface area (Å²) in [5, 5.41) is 5.15. The SMILES string of the molecule is Cc1c(C(=O)N2CCc3cc(Cl)cc(C4CCCN4C(=O)OC(C)(C)C)c3C2)cnn1C1CC1. The quantitative estimate of drug-likeness (QED) is 0.581. The summed E-state index contributed by atoms with van der Waals surface area (Å²) in [6, 6.07) is 4.32. The van der Waals surface area contributed by atoms with Crippen LogP contribution in [0.1, 0.15) is 91.3 Å². The molecule has 2 fully saturated rings. The van der Waals surface area contributed by atoms with E-state index in [9.17, 15) is 9.59 Å². The van der Waals surface area contributed by atoms with E-state index in [-0.39, 0.29) is 18.0 Å². The van der Waals surface area contributed by atoms with Gasteiger partial charge in [-0.3, -0.25) is 9.48 Å². The number of benzene rings is 1. The Bertz CT molecular complexity index is 1130. The van der Waals surface area contributed by atoms with Gasteiger partial charge in [-0.15, -0.1) is 0 Å². The molecule has 182 valence electrons. The number of halogens is 1. The minimum absolute atomic E-state index is 0.0198. The average molecular weight is 485 g/mol. The van der Waals surface area contributed by atoms with Gasteiger partial charge in [0.1, 0.15) is 5.60 Å². The first-order chi connectivity index (χ1) is 16.1. The maximum absolute atomic E-state index is 13.5. The summed E-state index contributed by atoms with van der Waals surface area (Å²) in [7, 11) is 0. The molecule has 1 aliphatic carbocycles. The van der Waals surface area contributed by atoms with Crippen LogP contribution < -0.4 is 0 Å². The van der Waals surface area contributed by atoms with Gasteiger partial charge in [-0.25, -0.2) is 4.79 Å². The number of amides is 2. The van der Waals surface area contributed by atoms with Crippen LogP contribution in [0.5, 0.6) is 0 Å². The molecular weight excluding hydrogens is 452 g/mol. The number of fused-ring (bicyclic) bond motifs is 1. The van der Waals surface area contributed by atoms with Crippen molar-refractivity contribution in [3.8, 4) is 0 Å². The van der Waals surface area contributed by atoms with Crippen molar-refractivity contribution in [2.45, 2.75) is 84.0 Å². The molecule has 3 heterocycles. The third-order valence-corrected chi connectivity index (χ3v) is 7.25. The second-order valence-corrected chi connectivity index (χ2v) is 11.2. The zero-order chi connectivity index (χ0) is 24.2. The van der Waals surface area contributed by atoms with Crippen molar-refractivity contribution < 1.29 is 14.3 Å². The largest absolute Gasteiger partial charge is 0.444 e. The number of nitrogens with zero attached hydrogens (tertiary/aromatic N) is 4. The Hall–Kier alpha value is -2.54. The van der Waals surface area contributed by atoms with Gasteiger partial charge in [0.25, 0.3) is 5.91 Å². The van der Waals surface area contributed by atoms with Gasteiger partial charge in [0.05, 0.1) is 23.8 Å². The third-order valence-electron chi connectivity index (χ3n) is 7.04. The summed E-state index contributed by atoms with van der Waals surface area (Å²) in [6.45, 7) is 9.44. The number of hydrogen-bond donors (Lipinski definition) is 0. The molecule has 8 heteroatoms. The molecule has 0 N–H and O–H groups in total. The Morgan fingerprint density at radius 2 is 1.91 bits per heavy atom. The van der Waals surface area contributed by atoms with Crippen LogP contribution in [-0.4, -0.2) is 50.3 Å². The van der Waals surface area contributed by atoms with Crippen molar-refractivity contribution in [2.75, 3.05) is 13.1 Å². The molecule has 1 saturated heterocycles. The Morgan fingerprint density at radius 3 is 2.62 bits per heavy atom. The van der Waals surface area contributed by atoms with E-state index in [2.05, 4.69) is 5.10 Å². The topological polar surface area (TPSA) is 67.7 Å². The second-order valence-electron chi connectivity index (χ2n) is 10.8. The highest BCUT2D eigenvalue weighted by Gasteiger charge is 2.37. The molecule has 1 aromatic heterocycles. The number of hydrogen-bond acceptors (Lipinski definition) is 4. The lowest BCUT2D eigenvalue weighted by Crippen LogP contribution is -2.39. The first kappa shape index (κ1) is 23.2. The summed E-state index contributed by atoms with van der Waals surface area (Å²) < 4.78 is 7.68. The highest BCUT2D eigenvalue weighted by Crippen LogP contribution is 2.40. The average Bonchev–Trinajstić information content (AvgIpc) is 3.35. The molecule has 0 bridgehead atoms. The molecule has 2 aliphatic heterocycles. The van der Waals surface area contributed by atoms with Gasteiger partial charge >= 0.3 is 6.09 Å². The monoisotopic (exact) mass is 484 g/mol. The van der Waals surface area contributed by atoms with Crippen LogP contribution in [-0.2, 0) is 17.7 Å². The predicted molar refractivity (Wildman–Crippen MR) is 130 cm³/mol. The van der Waals surface area contributed by atoms with Gasteiger partial charge < -0.3 is 14.5 Å². The number of carbonyl (C=O) groups is 2. The van der Waals surface area contributed by atoms with E-state index in [1.54, 1.807) is 6.20 Å². The van der Waals surface area contributed by atoms with E-state index in [4.69, 9.17) is 16.3 Å². The molecule has 1 unspecified atom stereocenters. The fourth-order valence-corrected chi connectivity index (χ4v) is 5.50. The van der Waals surface area contributed by atoms with Crippen LogP contribution in [0.3, 0.4) is 0 Å². The van der Waals surface area contributed by atoms with Gasteiger partial charge in [0, 0.05) is 30.4 Å². The first-order valence-electron chi connectivity index (χ1n) is 12.3. The summed E-state index contributed by atoms with van der Waals surface area (Å²) in [5.41, 5.74) is 4.38. The second kappa shape index (κ2) is 8.59. The maximum atomic E-state index is 13.5. The third kappa shape index (κ3) is 4.42. The van der Waals surface area contributed by atoms with Crippen molar-refractivity contribution in [2.24, 2.45) is 0 Å². The molecule has 1 atom stereocenters. The normalized spacial score (nSPS) is 20.4. The molecule has 0 spiro atoms. The minimum Gasteiger partial charge on any atom is -0.444 e. The number of rotatable bonds is 3. The lowest BCUT2D eigenvalue weighted by atomic mass is 9.90. The van der Waals surface area contributed by atoms with E-state index in [1.807, 2.05) is 54.3 Å². The summed E-state index contributed by atoms with van der Waals surface area (Å²) in [5.74, 6) is 0.0198. The van der Waals surface area contributed by atoms with Crippen molar-refractivity contribution in [1.82, 2.24) is 19.6 Å². The van der Waals surface area contributed by atoms with E-state index in [1.165, 1.54) is 0 Å². The predicted octanol–water partition coefficient (Wildman–Crippen LogP) is 5.45. The Morgan fingerprint density at radius 1 is 1.15 bits per heavy atom. The highest BCUT2D eigenvalue weighted by atomic mass is 35.5. The molecule has 1 saturated carbocycles. The molecular formula is C26H33ClN4O3. The number of likely N-dealkylation sites (tertiary alicyclic amines) is 1. The molecule has 3 aliphatic rings. The molecule has 5 rings (SSSR count). The van der Waals surface area contributed by atoms with Crippen LogP contribution in [0.15, 0.2) is 18.3 Å². The number of ether oxygens (including phenoxy) is 1. The van der Waals surface area contributed by atoms with E-state index >= 15 is 0 Å². The fraction of sp³-hybridized carbons (Fsp3) is 0.577. The standard InChI is InChI=1S/C26H33ClN4O3/c1-16-21(14-28-31(16)19-7-8-19)24(32)29-11-9-17-12-18(27)13-20(22(17)15-29)23-6-5-10-30(23)25(33)34-26(2,3)4/h12-14,19,23H,5-11,15H2,1-4H3. The lowest BCUT2D eigenvalue weighted by Gasteiger charge is -2.34. The molecule has 2 aromatic rings. The first-order valence-corrected chi connectivity index (χ1v) is 12.6. The molecule has 2 amide bonds. The minimum atomic E-state index is -0.552. The van der Waals surface area contributed by atoms with Crippen LogP contribution in [0.4, 0.5) is 4.79 Å². The summed E-state index contributed by atoms with van der Waals surface area (Å²) in [6.07, 6.45) is 6.19. The van der Waals surface area contributed by atoms with Crippen LogP contribution >= 0.6 is 11.6 Å². The van der Waals surface area contributed by atoms with Crippen LogP contribution in [0.2, 0.25) is 5.02 Å². The van der Waals surface area contributed by atoms with Crippen molar-refractivity contribution in [3.05, 3.63) is 51.3 Å². The van der Waals surface area contributed by atoms with Crippen LogP contribution in [0, 0.1) is 6.92 Å². The van der Waals surface area contributed by atoms with E-state index in [0.29, 0.717) is 36.3 Å².